The van der Waals surface area contributed by atoms with Crippen LogP contribution in [0.15, 0.2) is 18.3 Å². The zero-order valence-corrected chi connectivity index (χ0v) is 10.7. The van der Waals surface area contributed by atoms with Crippen molar-refractivity contribution in [2.75, 3.05) is 32.8 Å². The first kappa shape index (κ1) is 13.0. The second-order valence-electron chi connectivity index (χ2n) is 4.47. The quantitative estimate of drug-likeness (QED) is 0.836. The summed E-state index contributed by atoms with van der Waals surface area (Å²) in [7, 11) is 0. The van der Waals surface area contributed by atoms with E-state index in [1.54, 1.807) is 6.20 Å². The molecule has 18 heavy (non-hydrogen) atoms. The Balaban J connectivity index is 1.74. The van der Waals surface area contributed by atoms with Crippen molar-refractivity contribution in [1.82, 2.24) is 15.2 Å². The first-order valence-electron chi connectivity index (χ1n) is 6.22. The fourth-order valence-electron chi connectivity index (χ4n) is 1.93. The van der Waals surface area contributed by atoms with E-state index < -0.39 is 0 Å². The van der Waals surface area contributed by atoms with E-state index in [2.05, 4.69) is 15.2 Å². The predicted molar refractivity (Wildman–Crippen MR) is 68.1 cm³/mol. The number of morpholine rings is 1. The number of rotatable bonds is 4. The number of hydrogen-bond donors (Lipinski definition) is 1. The topological polar surface area (TPSA) is 54.5 Å². The molecule has 5 nitrogen and oxygen atoms in total. The van der Waals surface area contributed by atoms with E-state index in [0.717, 1.165) is 37.6 Å². The van der Waals surface area contributed by atoms with Gasteiger partial charge < -0.3 is 10.1 Å². The van der Waals surface area contributed by atoms with Crippen LogP contribution in [0.4, 0.5) is 0 Å². The van der Waals surface area contributed by atoms with E-state index in [9.17, 15) is 4.79 Å². The van der Waals surface area contributed by atoms with E-state index in [4.69, 9.17) is 4.74 Å². The Morgan fingerprint density at radius 2 is 2.28 bits per heavy atom. The summed E-state index contributed by atoms with van der Waals surface area (Å²) < 4.78 is 5.24. The molecule has 1 N–H and O–H groups in total. The molecular formula is C13H19N3O2. The van der Waals surface area contributed by atoms with Gasteiger partial charge in [-0.25, -0.2) is 0 Å². The van der Waals surface area contributed by atoms with Gasteiger partial charge in [0, 0.05) is 31.5 Å². The third-order valence-corrected chi connectivity index (χ3v) is 2.92. The molecule has 1 aromatic rings. The molecule has 5 heteroatoms. The smallest absolute Gasteiger partial charge is 0.234 e. The molecule has 0 unspecified atom stereocenters. The van der Waals surface area contributed by atoms with E-state index in [-0.39, 0.29) is 5.91 Å². The molecular weight excluding hydrogens is 230 g/mol. The Morgan fingerprint density at radius 1 is 1.50 bits per heavy atom. The summed E-state index contributed by atoms with van der Waals surface area (Å²) in [6, 6.07) is 3.90. The summed E-state index contributed by atoms with van der Waals surface area (Å²) in [5, 5.41) is 2.92. The van der Waals surface area contributed by atoms with Gasteiger partial charge in [-0.05, 0) is 24.6 Å². The van der Waals surface area contributed by atoms with Crippen LogP contribution in [0.1, 0.15) is 11.3 Å². The highest BCUT2D eigenvalue weighted by atomic mass is 16.5. The summed E-state index contributed by atoms with van der Waals surface area (Å²) in [5.74, 6) is 0.0614. The van der Waals surface area contributed by atoms with E-state index in [1.165, 1.54) is 0 Å². The zero-order valence-electron chi connectivity index (χ0n) is 10.7. The highest BCUT2D eigenvalue weighted by Crippen LogP contribution is 2.00. The number of ether oxygens (including phenoxy) is 1. The van der Waals surface area contributed by atoms with Gasteiger partial charge in [-0.1, -0.05) is 0 Å². The Kier molecular flexibility index (Phi) is 4.66. The Hall–Kier alpha value is -1.46. The van der Waals surface area contributed by atoms with Crippen molar-refractivity contribution in [3.63, 3.8) is 0 Å². The highest BCUT2D eigenvalue weighted by Gasteiger charge is 2.13. The predicted octanol–water partition coefficient (Wildman–Crippen LogP) is 0.338. The van der Waals surface area contributed by atoms with Crippen molar-refractivity contribution in [2.24, 2.45) is 0 Å². The van der Waals surface area contributed by atoms with Gasteiger partial charge in [0.15, 0.2) is 0 Å². The standard InChI is InChI=1S/C13H19N3O2/c1-11-8-12(2-3-14-11)9-15-13(17)10-16-4-6-18-7-5-16/h2-3,8H,4-7,9-10H2,1H3,(H,15,17). The third-order valence-electron chi connectivity index (χ3n) is 2.92. The number of aromatic nitrogens is 1. The number of hydrogen-bond acceptors (Lipinski definition) is 4. The molecule has 0 saturated carbocycles. The minimum atomic E-state index is 0.0614. The molecule has 0 bridgehead atoms. The SMILES string of the molecule is Cc1cc(CNC(=O)CN2CCOCC2)ccn1. The van der Waals surface area contributed by atoms with Gasteiger partial charge in [0.05, 0.1) is 19.8 Å². The number of nitrogens with one attached hydrogen (secondary N) is 1. The molecule has 1 aliphatic heterocycles. The molecule has 1 aliphatic rings. The van der Waals surface area contributed by atoms with E-state index in [0.29, 0.717) is 13.1 Å². The lowest BCUT2D eigenvalue weighted by atomic mass is 10.2. The van der Waals surface area contributed by atoms with Crippen molar-refractivity contribution < 1.29 is 9.53 Å². The normalized spacial score (nSPS) is 16.5. The summed E-state index contributed by atoms with van der Waals surface area (Å²) >= 11 is 0. The summed E-state index contributed by atoms with van der Waals surface area (Å²) in [5.41, 5.74) is 2.05. The van der Waals surface area contributed by atoms with Crippen molar-refractivity contribution in [3.8, 4) is 0 Å². The van der Waals surface area contributed by atoms with Gasteiger partial charge in [0.25, 0.3) is 0 Å². The van der Waals surface area contributed by atoms with Crippen LogP contribution in [-0.4, -0.2) is 48.6 Å². The minimum absolute atomic E-state index is 0.0614. The number of aryl methyl sites for hydroxylation is 1. The van der Waals surface area contributed by atoms with E-state index in [1.807, 2.05) is 19.1 Å². The molecule has 0 spiro atoms. The number of pyridine rings is 1. The average Bonchev–Trinajstić information content (AvgIpc) is 2.38. The average molecular weight is 249 g/mol. The van der Waals surface area contributed by atoms with Crippen LogP contribution in [0.5, 0.6) is 0 Å². The van der Waals surface area contributed by atoms with Crippen molar-refractivity contribution >= 4 is 5.91 Å². The molecule has 98 valence electrons. The van der Waals surface area contributed by atoms with Gasteiger partial charge in [-0.3, -0.25) is 14.7 Å². The molecule has 1 saturated heterocycles. The van der Waals surface area contributed by atoms with Crippen LogP contribution in [0.2, 0.25) is 0 Å². The molecule has 2 heterocycles. The summed E-state index contributed by atoms with van der Waals surface area (Å²) in [6.45, 7) is 6.07. The molecule has 0 atom stereocenters. The van der Waals surface area contributed by atoms with Crippen LogP contribution in [0, 0.1) is 6.92 Å². The van der Waals surface area contributed by atoms with Crippen LogP contribution in [0.25, 0.3) is 0 Å². The Morgan fingerprint density at radius 3 is 3.00 bits per heavy atom. The molecule has 1 fully saturated rings. The van der Waals surface area contributed by atoms with Crippen LogP contribution in [-0.2, 0) is 16.1 Å². The number of nitrogens with zero attached hydrogens (tertiary/aromatic N) is 2. The maximum Gasteiger partial charge on any atom is 0.234 e. The fourth-order valence-corrected chi connectivity index (χ4v) is 1.93. The van der Waals surface area contributed by atoms with Crippen LogP contribution in [0.3, 0.4) is 0 Å². The fraction of sp³-hybridized carbons (Fsp3) is 0.538. The Labute approximate surface area is 107 Å². The second-order valence-corrected chi connectivity index (χ2v) is 4.47. The first-order valence-corrected chi connectivity index (χ1v) is 6.22. The molecule has 0 aliphatic carbocycles. The van der Waals surface area contributed by atoms with Gasteiger partial charge in [0.1, 0.15) is 0 Å². The summed E-state index contributed by atoms with van der Waals surface area (Å²) in [6.07, 6.45) is 1.76. The first-order chi connectivity index (χ1) is 8.74. The molecule has 0 radical (unpaired) electrons. The maximum atomic E-state index is 11.8. The second kappa shape index (κ2) is 6.47. The monoisotopic (exact) mass is 249 g/mol. The zero-order chi connectivity index (χ0) is 12.8. The highest BCUT2D eigenvalue weighted by molar-refractivity contribution is 5.78. The number of amides is 1. The van der Waals surface area contributed by atoms with Crippen molar-refractivity contribution in [2.45, 2.75) is 13.5 Å². The molecule has 1 aromatic heterocycles. The minimum Gasteiger partial charge on any atom is -0.379 e. The number of carbonyl (C=O) groups is 1. The maximum absolute atomic E-state index is 11.8. The number of carbonyl (C=O) groups excluding carboxylic acids is 1. The van der Waals surface area contributed by atoms with Gasteiger partial charge in [-0.2, -0.15) is 0 Å². The van der Waals surface area contributed by atoms with Gasteiger partial charge >= 0.3 is 0 Å². The van der Waals surface area contributed by atoms with Gasteiger partial charge in [-0.15, -0.1) is 0 Å². The lowest BCUT2D eigenvalue weighted by Gasteiger charge is -2.25. The lowest BCUT2D eigenvalue weighted by Crippen LogP contribution is -2.43. The van der Waals surface area contributed by atoms with Crippen LogP contribution < -0.4 is 5.32 Å². The molecule has 2 rings (SSSR count). The third kappa shape index (κ3) is 4.09. The lowest BCUT2D eigenvalue weighted by molar-refractivity contribution is -0.123. The largest absolute Gasteiger partial charge is 0.379 e. The van der Waals surface area contributed by atoms with Crippen molar-refractivity contribution in [1.29, 1.82) is 0 Å². The van der Waals surface area contributed by atoms with Crippen LogP contribution >= 0.6 is 0 Å². The molecule has 1 amide bonds. The van der Waals surface area contributed by atoms with Gasteiger partial charge in [0.2, 0.25) is 5.91 Å². The summed E-state index contributed by atoms with van der Waals surface area (Å²) in [4.78, 5) is 18.0. The van der Waals surface area contributed by atoms with E-state index >= 15 is 0 Å². The molecule has 0 aromatic carbocycles. The Bertz CT molecular complexity index is 403. The van der Waals surface area contributed by atoms with Crippen molar-refractivity contribution in [3.05, 3.63) is 29.6 Å².